The van der Waals surface area contributed by atoms with Crippen LogP contribution in [-0.4, -0.2) is 56.1 Å². The van der Waals surface area contributed by atoms with Crippen molar-refractivity contribution in [2.75, 3.05) is 23.7 Å². The van der Waals surface area contributed by atoms with E-state index in [9.17, 15) is 31.2 Å². The Labute approximate surface area is 227 Å². The second kappa shape index (κ2) is 12.4. The molecule has 0 aromatic heterocycles. The lowest BCUT2D eigenvalue weighted by molar-refractivity contribution is -0.140. The van der Waals surface area contributed by atoms with Gasteiger partial charge in [0, 0.05) is 12.1 Å². The summed E-state index contributed by atoms with van der Waals surface area (Å²) >= 11 is 5.70. The van der Waals surface area contributed by atoms with E-state index >= 15 is 0 Å². The van der Waals surface area contributed by atoms with Crippen molar-refractivity contribution in [3.63, 3.8) is 0 Å². The van der Waals surface area contributed by atoms with E-state index in [1.165, 1.54) is 4.90 Å². The fourth-order valence-electron chi connectivity index (χ4n) is 3.85. The maximum Gasteiger partial charge on any atom is 0.417 e. The normalized spacial score (nSPS) is 13.1. The van der Waals surface area contributed by atoms with Gasteiger partial charge in [-0.3, -0.25) is 13.9 Å². The highest BCUT2D eigenvalue weighted by molar-refractivity contribution is 7.92. The van der Waals surface area contributed by atoms with Gasteiger partial charge in [-0.25, -0.2) is 8.42 Å². The molecule has 0 aliphatic rings. The monoisotopic (exact) mass is 575 g/mol. The maximum absolute atomic E-state index is 13.6. The average molecular weight is 576 g/mol. The van der Waals surface area contributed by atoms with Crippen molar-refractivity contribution in [3.05, 3.63) is 64.7 Å². The molecule has 1 unspecified atom stereocenters. The number of hydrogen-bond donors (Lipinski definition) is 1. The zero-order chi connectivity index (χ0) is 28.9. The highest BCUT2D eigenvalue weighted by Gasteiger charge is 2.36. The van der Waals surface area contributed by atoms with Crippen molar-refractivity contribution in [3.8, 4) is 0 Å². The van der Waals surface area contributed by atoms with E-state index in [1.807, 2.05) is 30.3 Å². The molecule has 0 spiro atoms. The van der Waals surface area contributed by atoms with Crippen LogP contribution in [0.25, 0.3) is 0 Å². The molecule has 1 N–H and O–H groups in total. The van der Waals surface area contributed by atoms with Crippen LogP contribution in [0.5, 0.6) is 0 Å². The minimum absolute atomic E-state index is 0.0882. The summed E-state index contributed by atoms with van der Waals surface area (Å²) in [5.41, 5.74) is -1.29. The number of nitrogens with one attached hydrogen (secondary N) is 1. The van der Waals surface area contributed by atoms with E-state index in [0.717, 1.165) is 24.0 Å². The molecule has 0 aliphatic carbocycles. The molecule has 2 aromatic rings. The predicted molar refractivity (Wildman–Crippen MR) is 142 cm³/mol. The van der Waals surface area contributed by atoms with Crippen molar-refractivity contribution in [1.29, 1.82) is 0 Å². The van der Waals surface area contributed by atoms with Crippen LogP contribution in [0.3, 0.4) is 0 Å². The number of carbonyl (C=O) groups is 2. The first-order valence-electron chi connectivity index (χ1n) is 11.9. The summed E-state index contributed by atoms with van der Waals surface area (Å²) in [6.45, 7) is 6.38. The molecular formula is C26H33ClF3N3O4S. The zero-order valence-corrected chi connectivity index (χ0v) is 23.5. The Bertz CT molecular complexity index is 1230. The molecule has 7 nitrogen and oxygen atoms in total. The van der Waals surface area contributed by atoms with Gasteiger partial charge in [0.1, 0.15) is 12.6 Å². The van der Waals surface area contributed by atoms with Gasteiger partial charge in [0.25, 0.3) is 0 Å². The molecule has 0 radical (unpaired) electrons. The summed E-state index contributed by atoms with van der Waals surface area (Å²) < 4.78 is 66.2. The number of nitrogens with zero attached hydrogens (tertiary/aromatic N) is 2. The van der Waals surface area contributed by atoms with Gasteiger partial charge in [0.2, 0.25) is 21.8 Å². The SMILES string of the molecule is CCC(C(=O)NC(C)(C)C)N(CCc1ccccc1)C(=O)CN(c1ccc(Cl)c(C(F)(F)F)c1)S(C)(=O)=O. The Morgan fingerprint density at radius 2 is 1.66 bits per heavy atom. The molecule has 0 aliphatic heterocycles. The molecule has 0 saturated carbocycles. The molecule has 2 rings (SSSR count). The fraction of sp³-hybridized carbons (Fsp3) is 0.462. The number of alkyl halides is 3. The third-order valence-corrected chi connectivity index (χ3v) is 7.06. The van der Waals surface area contributed by atoms with Crippen molar-refractivity contribution in [2.45, 2.75) is 58.3 Å². The Morgan fingerprint density at radius 3 is 2.16 bits per heavy atom. The first-order chi connectivity index (χ1) is 17.4. The molecule has 38 heavy (non-hydrogen) atoms. The molecule has 0 saturated heterocycles. The first kappa shape index (κ1) is 31.4. The van der Waals surface area contributed by atoms with E-state index in [4.69, 9.17) is 11.6 Å². The number of benzene rings is 2. The summed E-state index contributed by atoms with van der Waals surface area (Å²) in [7, 11) is -4.20. The number of carbonyl (C=O) groups excluding carboxylic acids is 2. The smallest absolute Gasteiger partial charge is 0.350 e. The topological polar surface area (TPSA) is 86.8 Å². The molecule has 0 bridgehead atoms. The minimum atomic E-state index is -4.83. The highest BCUT2D eigenvalue weighted by Crippen LogP contribution is 2.37. The third kappa shape index (κ3) is 8.90. The maximum atomic E-state index is 13.6. The Hall–Kier alpha value is -2.79. The molecule has 1 atom stereocenters. The first-order valence-corrected chi connectivity index (χ1v) is 14.2. The number of rotatable bonds is 10. The summed E-state index contributed by atoms with van der Waals surface area (Å²) in [4.78, 5) is 28.0. The third-order valence-electron chi connectivity index (χ3n) is 5.59. The second-order valence-electron chi connectivity index (χ2n) is 9.92. The molecule has 2 amide bonds. The Morgan fingerprint density at radius 1 is 1.05 bits per heavy atom. The van der Waals surface area contributed by atoms with E-state index in [-0.39, 0.29) is 18.7 Å². The van der Waals surface area contributed by atoms with Gasteiger partial charge in [-0.2, -0.15) is 13.2 Å². The number of amides is 2. The van der Waals surface area contributed by atoms with Crippen LogP contribution in [0.1, 0.15) is 45.2 Å². The van der Waals surface area contributed by atoms with Gasteiger partial charge in [-0.1, -0.05) is 48.9 Å². The van der Waals surface area contributed by atoms with Gasteiger partial charge in [0.05, 0.1) is 22.5 Å². The fourth-order valence-corrected chi connectivity index (χ4v) is 4.91. The molecule has 12 heteroatoms. The van der Waals surface area contributed by atoms with Crippen LogP contribution in [-0.2, 0) is 32.2 Å². The number of hydrogen-bond acceptors (Lipinski definition) is 4. The van der Waals surface area contributed by atoms with Crippen LogP contribution in [0, 0.1) is 0 Å². The largest absolute Gasteiger partial charge is 0.417 e. The van der Waals surface area contributed by atoms with Gasteiger partial charge in [-0.05, 0) is 57.4 Å². The van der Waals surface area contributed by atoms with Crippen molar-refractivity contribution >= 4 is 39.1 Å². The van der Waals surface area contributed by atoms with Crippen LogP contribution in [0.2, 0.25) is 5.02 Å². The van der Waals surface area contributed by atoms with Crippen molar-refractivity contribution < 1.29 is 31.2 Å². The van der Waals surface area contributed by atoms with E-state index in [1.54, 1.807) is 27.7 Å². The molecule has 0 heterocycles. The quantitative estimate of drug-likeness (QED) is 0.437. The number of sulfonamides is 1. The second-order valence-corrected chi connectivity index (χ2v) is 12.2. The molecular weight excluding hydrogens is 543 g/mol. The Kier molecular flexibility index (Phi) is 10.2. The number of halogens is 4. The van der Waals surface area contributed by atoms with Crippen molar-refractivity contribution in [2.24, 2.45) is 0 Å². The summed E-state index contributed by atoms with van der Waals surface area (Å²) in [5, 5.41) is 2.24. The predicted octanol–water partition coefficient (Wildman–Crippen LogP) is 4.89. The minimum Gasteiger partial charge on any atom is -0.350 e. The molecule has 210 valence electrons. The standard InChI is InChI=1S/C26H33ClF3N3O4S/c1-6-22(24(35)31-25(2,3)4)32(15-14-18-10-8-7-9-11-18)23(34)17-33(38(5,36)37)19-12-13-21(27)20(16-19)26(28,29)30/h7-13,16,22H,6,14-15,17H2,1-5H3,(H,31,35). The van der Waals surface area contributed by atoms with Crippen LogP contribution < -0.4 is 9.62 Å². The summed E-state index contributed by atoms with van der Waals surface area (Å²) in [5.74, 6) is -1.15. The average Bonchev–Trinajstić information content (AvgIpc) is 2.78. The van der Waals surface area contributed by atoms with Gasteiger partial charge in [-0.15, -0.1) is 0 Å². The summed E-state index contributed by atoms with van der Waals surface area (Å²) in [6, 6.07) is 10.9. The lowest BCUT2D eigenvalue weighted by atomic mass is 10.1. The van der Waals surface area contributed by atoms with E-state index in [0.29, 0.717) is 16.8 Å². The zero-order valence-electron chi connectivity index (χ0n) is 22.0. The van der Waals surface area contributed by atoms with Crippen LogP contribution >= 0.6 is 11.6 Å². The molecule has 2 aromatic carbocycles. The lowest BCUT2D eigenvalue weighted by Gasteiger charge is -2.34. The Balaban J connectivity index is 2.47. The van der Waals surface area contributed by atoms with E-state index < -0.39 is 56.7 Å². The van der Waals surface area contributed by atoms with Crippen LogP contribution in [0.4, 0.5) is 18.9 Å². The summed E-state index contributed by atoms with van der Waals surface area (Å²) in [6.07, 6.45) is -3.43. The van der Waals surface area contributed by atoms with Crippen molar-refractivity contribution in [1.82, 2.24) is 10.2 Å². The number of anilines is 1. The van der Waals surface area contributed by atoms with Gasteiger partial charge in [0.15, 0.2) is 0 Å². The highest BCUT2D eigenvalue weighted by atomic mass is 35.5. The molecule has 0 fully saturated rings. The lowest BCUT2D eigenvalue weighted by Crippen LogP contribution is -2.56. The van der Waals surface area contributed by atoms with Gasteiger partial charge < -0.3 is 10.2 Å². The van der Waals surface area contributed by atoms with E-state index in [2.05, 4.69) is 5.32 Å². The van der Waals surface area contributed by atoms with Crippen LogP contribution in [0.15, 0.2) is 48.5 Å². The van der Waals surface area contributed by atoms with Gasteiger partial charge >= 0.3 is 6.18 Å².